The number of aromatic nitrogens is 4. The van der Waals surface area contributed by atoms with E-state index >= 15 is 0 Å². The van der Waals surface area contributed by atoms with Crippen molar-refractivity contribution in [3.05, 3.63) is 41.7 Å². The molecule has 0 aliphatic carbocycles. The average Bonchev–Trinajstić information content (AvgIpc) is 2.92. The lowest BCUT2D eigenvalue weighted by molar-refractivity contribution is 0.0717. The van der Waals surface area contributed by atoms with Gasteiger partial charge in [-0.25, -0.2) is 0 Å². The van der Waals surface area contributed by atoms with Crippen LogP contribution >= 0.6 is 0 Å². The maximum absolute atomic E-state index is 13.2. The Balaban J connectivity index is 1.34. The van der Waals surface area contributed by atoms with E-state index in [9.17, 15) is 4.79 Å². The van der Waals surface area contributed by atoms with E-state index < -0.39 is 0 Å². The zero-order valence-corrected chi connectivity index (χ0v) is 15.6. The Labute approximate surface area is 159 Å². The summed E-state index contributed by atoms with van der Waals surface area (Å²) in [5.74, 6) is 2.11. The molecular weight excluding hydrogens is 340 g/mol. The first kappa shape index (κ1) is 16.9. The molecule has 2 aromatic heterocycles. The van der Waals surface area contributed by atoms with Gasteiger partial charge in [0.05, 0.1) is 5.69 Å². The SMILES string of the molecule is O=C(c1nnc2n1CCCC2)N1C[C@H]2CC[C@@H](C1)N(Cc1ccccn1)C2. The Morgan fingerprint density at radius 1 is 1.11 bits per heavy atom. The van der Waals surface area contributed by atoms with Crippen molar-refractivity contribution in [2.24, 2.45) is 5.92 Å². The quantitative estimate of drug-likeness (QED) is 0.828. The minimum Gasteiger partial charge on any atom is -0.334 e. The van der Waals surface area contributed by atoms with Crippen molar-refractivity contribution in [3.63, 3.8) is 0 Å². The fraction of sp³-hybridized carbons (Fsp3) is 0.600. The number of hydrogen-bond acceptors (Lipinski definition) is 5. The second kappa shape index (κ2) is 7.03. The van der Waals surface area contributed by atoms with Gasteiger partial charge in [-0.15, -0.1) is 10.2 Å². The Morgan fingerprint density at radius 2 is 2.07 bits per heavy atom. The van der Waals surface area contributed by atoms with E-state index in [0.717, 1.165) is 69.9 Å². The van der Waals surface area contributed by atoms with Crippen LogP contribution in [0.3, 0.4) is 0 Å². The predicted molar refractivity (Wildman–Crippen MR) is 100 cm³/mol. The topological polar surface area (TPSA) is 67.2 Å². The molecule has 27 heavy (non-hydrogen) atoms. The van der Waals surface area contributed by atoms with E-state index in [1.54, 1.807) is 0 Å². The van der Waals surface area contributed by atoms with Crippen LogP contribution in [0.5, 0.6) is 0 Å². The van der Waals surface area contributed by atoms with Crippen LogP contribution in [0.15, 0.2) is 24.4 Å². The highest BCUT2D eigenvalue weighted by molar-refractivity contribution is 5.91. The molecule has 0 unspecified atom stereocenters. The third-order valence-corrected chi connectivity index (χ3v) is 6.26. The molecule has 1 amide bonds. The normalized spacial score (nSPS) is 25.3. The van der Waals surface area contributed by atoms with Gasteiger partial charge in [0, 0.05) is 51.4 Å². The van der Waals surface area contributed by atoms with Crippen molar-refractivity contribution >= 4 is 5.91 Å². The molecule has 7 nitrogen and oxygen atoms in total. The van der Waals surface area contributed by atoms with Gasteiger partial charge in [-0.2, -0.15) is 0 Å². The summed E-state index contributed by atoms with van der Waals surface area (Å²) in [7, 11) is 0. The summed E-state index contributed by atoms with van der Waals surface area (Å²) < 4.78 is 2.05. The lowest BCUT2D eigenvalue weighted by atomic mass is 9.95. The van der Waals surface area contributed by atoms with Crippen LogP contribution in [0.4, 0.5) is 0 Å². The lowest BCUT2D eigenvalue weighted by Crippen LogP contribution is -2.44. The van der Waals surface area contributed by atoms with Crippen molar-refractivity contribution in [2.45, 2.75) is 51.2 Å². The van der Waals surface area contributed by atoms with Crippen LogP contribution in [-0.2, 0) is 19.5 Å². The maximum Gasteiger partial charge on any atom is 0.291 e. The van der Waals surface area contributed by atoms with Crippen molar-refractivity contribution in [1.82, 2.24) is 29.5 Å². The van der Waals surface area contributed by atoms with Crippen LogP contribution in [0.1, 0.15) is 47.8 Å². The van der Waals surface area contributed by atoms with Gasteiger partial charge < -0.3 is 9.47 Å². The van der Waals surface area contributed by atoms with E-state index in [4.69, 9.17) is 0 Å². The van der Waals surface area contributed by atoms with Crippen LogP contribution in [0.2, 0.25) is 0 Å². The molecular formula is C20H26N6O. The number of rotatable bonds is 3. The number of pyridine rings is 1. The summed E-state index contributed by atoms with van der Waals surface area (Å²) in [5.41, 5.74) is 1.11. The number of nitrogens with zero attached hydrogens (tertiary/aromatic N) is 6. The minimum atomic E-state index is 0.0623. The summed E-state index contributed by atoms with van der Waals surface area (Å²) in [4.78, 5) is 22.3. The molecule has 0 spiro atoms. The molecule has 4 aliphatic rings. The molecule has 2 aromatic rings. The number of carbonyl (C=O) groups is 1. The fourth-order valence-corrected chi connectivity index (χ4v) is 4.85. The highest BCUT2D eigenvalue weighted by Crippen LogP contribution is 2.30. The predicted octanol–water partition coefficient (Wildman–Crippen LogP) is 1.75. The first-order valence-corrected chi connectivity index (χ1v) is 10.1. The molecule has 0 radical (unpaired) electrons. The van der Waals surface area contributed by atoms with E-state index in [-0.39, 0.29) is 5.91 Å². The summed E-state index contributed by atoms with van der Waals surface area (Å²) in [6.45, 7) is 4.39. The van der Waals surface area contributed by atoms with Crippen LogP contribution in [0, 0.1) is 5.92 Å². The molecule has 0 saturated carbocycles. The third kappa shape index (κ3) is 3.25. The monoisotopic (exact) mass is 366 g/mol. The van der Waals surface area contributed by atoms with Crippen molar-refractivity contribution < 1.29 is 4.79 Å². The van der Waals surface area contributed by atoms with Gasteiger partial charge in [0.15, 0.2) is 0 Å². The Morgan fingerprint density at radius 3 is 2.96 bits per heavy atom. The van der Waals surface area contributed by atoms with Gasteiger partial charge >= 0.3 is 0 Å². The Hall–Kier alpha value is -2.28. The largest absolute Gasteiger partial charge is 0.334 e. The van der Waals surface area contributed by atoms with Crippen LogP contribution in [0.25, 0.3) is 0 Å². The number of fused-ring (bicyclic) bond motifs is 5. The first-order valence-electron chi connectivity index (χ1n) is 10.1. The standard InChI is InChI=1S/C20H26N6O/c27-20(19-23-22-18-6-2-4-10-26(18)19)25-12-15-7-8-17(14-25)24(11-15)13-16-5-1-3-9-21-16/h1,3,5,9,15,17H,2,4,6-8,10-14H2/t15-,17-/m0/s1. The Bertz CT molecular complexity index is 819. The maximum atomic E-state index is 13.2. The van der Waals surface area contributed by atoms with Gasteiger partial charge in [0.2, 0.25) is 5.82 Å². The minimum absolute atomic E-state index is 0.0623. The Kier molecular flexibility index (Phi) is 4.39. The van der Waals surface area contributed by atoms with Gasteiger partial charge in [0.1, 0.15) is 5.82 Å². The van der Waals surface area contributed by atoms with Gasteiger partial charge in [0.25, 0.3) is 5.91 Å². The van der Waals surface area contributed by atoms with Crippen molar-refractivity contribution in [3.8, 4) is 0 Å². The summed E-state index contributed by atoms with van der Waals surface area (Å²) in [5, 5.41) is 8.53. The molecule has 2 atom stereocenters. The zero-order chi connectivity index (χ0) is 18.2. The number of amides is 1. The van der Waals surface area contributed by atoms with Gasteiger partial charge in [-0.3, -0.25) is 14.7 Å². The molecule has 3 fully saturated rings. The van der Waals surface area contributed by atoms with E-state index in [1.807, 2.05) is 27.8 Å². The number of hydrogen-bond donors (Lipinski definition) is 0. The number of carbonyl (C=O) groups excluding carboxylic acids is 1. The molecule has 2 bridgehead atoms. The second-order valence-corrected chi connectivity index (χ2v) is 8.11. The van der Waals surface area contributed by atoms with E-state index in [1.165, 1.54) is 6.42 Å². The first-order chi connectivity index (χ1) is 13.3. The summed E-state index contributed by atoms with van der Waals surface area (Å²) in [6.07, 6.45) is 7.39. The molecule has 3 saturated heterocycles. The fourth-order valence-electron chi connectivity index (χ4n) is 4.85. The molecule has 6 rings (SSSR count). The zero-order valence-electron chi connectivity index (χ0n) is 15.6. The van der Waals surface area contributed by atoms with Crippen molar-refractivity contribution in [1.29, 1.82) is 0 Å². The molecule has 0 aromatic carbocycles. The molecule has 7 heteroatoms. The molecule has 0 N–H and O–H groups in total. The average molecular weight is 366 g/mol. The highest BCUT2D eigenvalue weighted by Gasteiger charge is 2.38. The smallest absolute Gasteiger partial charge is 0.291 e. The third-order valence-electron chi connectivity index (χ3n) is 6.26. The van der Waals surface area contributed by atoms with Crippen LogP contribution in [-0.4, -0.2) is 61.1 Å². The number of piperidine rings is 1. The molecule has 142 valence electrons. The molecule has 4 aliphatic heterocycles. The summed E-state index contributed by atoms with van der Waals surface area (Å²) in [6, 6.07) is 6.49. The van der Waals surface area contributed by atoms with Gasteiger partial charge in [-0.05, 0) is 43.7 Å². The highest BCUT2D eigenvalue weighted by atomic mass is 16.2. The lowest BCUT2D eigenvalue weighted by Gasteiger charge is -2.35. The van der Waals surface area contributed by atoms with Crippen LogP contribution < -0.4 is 0 Å². The van der Waals surface area contributed by atoms with Crippen molar-refractivity contribution in [2.75, 3.05) is 19.6 Å². The summed E-state index contributed by atoms with van der Waals surface area (Å²) >= 11 is 0. The second-order valence-electron chi connectivity index (χ2n) is 8.11. The molecule has 6 heterocycles. The van der Waals surface area contributed by atoms with Gasteiger partial charge in [-0.1, -0.05) is 6.07 Å². The number of aryl methyl sites for hydroxylation is 1. The van der Waals surface area contributed by atoms with E-state index in [2.05, 4.69) is 26.1 Å². The van der Waals surface area contributed by atoms with E-state index in [0.29, 0.717) is 17.8 Å².